The SMILES string of the molecule is C=C/C(=C\C=C/C)Cn1ccc2ncc(Nc3cc(OC)n[nH]3)nc21. The van der Waals surface area contributed by atoms with Crippen molar-refractivity contribution in [3.63, 3.8) is 0 Å². The van der Waals surface area contributed by atoms with E-state index < -0.39 is 0 Å². The van der Waals surface area contributed by atoms with E-state index in [1.165, 1.54) is 0 Å². The number of H-pyrrole nitrogens is 1. The van der Waals surface area contributed by atoms with E-state index in [0.717, 1.165) is 16.7 Å². The molecule has 7 heteroatoms. The molecule has 25 heavy (non-hydrogen) atoms. The van der Waals surface area contributed by atoms with Crippen molar-refractivity contribution < 1.29 is 4.74 Å². The second kappa shape index (κ2) is 7.48. The van der Waals surface area contributed by atoms with Gasteiger partial charge in [0.25, 0.3) is 0 Å². The quantitative estimate of drug-likeness (QED) is 0.644. The number of allylic oxidation sites excluding steroid dienone is 5. The molecule has 2 N–H and O–H groups in total. The molecule has 0 aromatic carbocycles. The number of ether oxygens (including phenoxy) is 1. The number of anilines is 2. The maximum absolute atomic E-state index is 5.05. The van der Waals surface area contributed by atoms with Crippen molar-refractivity contribution in [2.75, 3.05) is 12.4 Å². The summed E-state index contributed by atoms with van der Waals surface area (Å²) in [5.41, 5.74) is 2.72. The maximum atomic E-state index is 5.05. The van der Waals surface area contributed by atoms with Crippen LogP contribution in [0.5, 0.6) is 5.88 Å². The lowest BCUT2D eigenvalue weighted by Crippen LogP contribution is -2.02. The Kier molecular flexibility index (Phi) is 4.94. The molecule has 0 aliphatic heterocycles. The van der Waals surface area contributed by atoms with E-state index >= 15 is 0 Å². The van der Waals surface area contributed by atoms with Crippen LogP contribution >= 0.6 is 0 Å². The van der Waals surface area contributed by atoms with Gasteiger partial charge in [-0.25, -0.2) is 9.97 Å². The van der Waals surface area contributed by atoms with Crippen molar-refractivity contribution in [2.24, 2.45) is 0 Å². The van der Waals surface area contributed by atoms with E-state index in [9.17, 15) is 0 Å². The molecule has 0 atom stereocenters. The number of aromatic amines is 1. The summed E-state index contributed by atoms with van der Waals surface area (Å²) in [5, 5.41) is 9.97. The molecule has 0 spiro atoms. The predicted octanol–water partition coefficient (Wildman–Crippen LogP) is 3.60. The van der Waals surface area contributed by atoms with Crippen molar-refractivity contribution in [3.8, 4) is 5.88 Å². The molecule has 0 radical (unpaired) electrons. The number of nitrogens with zero attached hydrogens (tertiary/aromatic N) is 4. The number of nitrogens with one attached hydrogen (secondary N) is 2. The molecule has 0 bridgehead atoms. The van der Waals surface area contributed by atoms with E-state index in [-0.39, 0.29) is 0 Å². The van der Waals surface area contributed by atoms with Crippen molar-refractivity contribution >= 4 is 22.8 Å². The topological polar surface area (TPSA) is 80.6 Å². The number of aromatic nitrogens is 5. The molecule has 0 aliphatic rings. The Morgan fingerprint density at radius 3 is 3.08 bits per heavy atom. The summed E-state index contributed by atoms with van der Waals surface area (Å²) in [6, 6.07) is 3.70. The highest BCUT2D eigenvalue weighted by Gasteiger charge is 2.08. The van der Waals surface area contributed by atoms with Gasteiger partial charge in [0, 0.05) is 18.8 Å². The first-order chi connectivity index (χ1) is 12.2. The van der Waals surface area contributed by atoms with Crippen LogP contribution in [0.3, 0.4) is 0 Å². The summed E-state index contributed by atoms with van der Waals surface area (Å²) >= 11 is 0. The predicted molar refractivity (Wildman–Crippen MR) is 99.0 cm³/mol. The van der Waals surface area contributed by atoms with E-state index in [1.54, 1.807) is 19.4 Å². The molecule has 0 saturated heterocycles. The van der Waals surface area contributed by atoms with Crippen LogP contribution in [0.1, 0.15) is 6.92 Å². The van der Waals surface area contributed by atoms with Crippen LogP contribution in [0.15, 0.2) is 61.0 Å². The molecular formula is C18H20N6O. The molecule has 3 heterocycles. The van der Waals surface area contributed by atoms with E-state index in [0.29, 0.717) is 24.1 Å². The number of rotatable bonds is 7. The van der Waals surface area contributed by atoms with Crippen molar-refractivity contribution in [1.82, 2.24) is 24.7 Å². The Balaban J connectivity index is 1.87. The fourth-order valence-corrected chi connectivity index (χ4v) is 2.35. The molecule has 128 valence electrons. The second-order valence-corrected chi connectivity index (χ2v) is 5.33. The highest BCUT2D eigenvalue weighted by molar-refractivity contribution is 5.73. The number of fused-ring (bicyclic) bond motifs is 1. The molecule has 3 rings (SSSR count). The Hall–Kier alpha value is -3.35. The van der Waals surface area contributed by atoms with Gasteiger partial charge in [0.15, 0.2) is 11.5 Å². The molecule has 0 amide bonds. The van der Waals surface area contributed by atoms with Crippen LogP contribution in [0.4, 0.5) is 11.6 Å². The van der Waals surface area contributed by atoms with Gasteiger partial charge in [-0.3, -0.25) is 5.10 Å². The van der Waals surface area contributed by atoms with Gasteiger partial charge in [0.05, 0.1) is 13.3 Å². The zero-order valence-corrected chi connectivity index (χ0v) is 14.2. The van der Waals surface area contributed by atoms with Crippen molar-refractivity contribution in [2.45, 2.75) is 13.5 Å². The number of hydrogen-bond donors (Lipinski definition) is 2. The summed E-state index contributed by atoms with van der Waals surface area (Å²) in [6.07, 6.45) is 11.5. The third-order valence-corrected chi connectivity index (χ3v) is 3.61. The lowest BCUT2D eigenvalue weighted by atomic mass is 10.2. The molecule has 7 nitrogen and oxygen atoms in total. The summed E-state index contributed by atoms with van der Waals surface area (Å²) in [4.78, 5) is 9.10. The van der Waals surface area contributed by atoms with Gasteiger partial charge in [-0.2, -0.15) is 0 Å². The summed E-state index contributed by atoms with van der Waals surface area (Å²) in [5.74, 6) is 1.81. The zero-order chi connectivity index (χ0) is 17.6. The summed E-state index contributed by atoms with van der Waals surface area (Å²) in [6.45, 7) is 6.53. The van der Waals surface area contributed by atoms with Gasteiger partial charge in [0.1, 0.15) is 11.3 Å². The molecule has 3 aromatic heterocycles. The monoisotopic (exact) mass is 336 g/mol. The van der Waals surface area contributed by atoms with Crippen LogP contribution < -0.4 is 10.1 Å². The third-order valence-electron chi connectivity index (χ3n) is 3.61. The van der Waals surface area contributed by atoms with E-state index in [4.69, 9.17) is 4.74 Å². The largest absolute Gasteiger partial charge is 0.480 e. The van der Waals surface area contributed by atoms with Crippen molar-refractivity contribution in [3.05, 3.63) is 61.0 Å². The van der Waals surface area contributed by atoms with Gasteiger partial charge in [0.2, 0.25) is 5.88 Å². The Morgan fingerprint density at radius 2 is 2.36 bits per heavy atom. The molecule has 0 unspecified atom stereocenters. The standard InChI is InChI=1S/C18H20N6O/c1-4-6-7-13(5-2)12-24-9-8-14-18(24)21-16(11-19-14)20-15-10-17(25-3)23-22-15/h4-11H,2,12H2,1,3H3,(H2,20,21,22,23)/b6-4-,13-7+. The average molecular weight is 336 g/mol. The first-order valence-electron chi connectivity index (χ1n) is 7.86. The zero-order valence-electron chi connectivity index (χ0n) is 14.2. The normalized spacial score (nSPS) is 12.0. The Labute approximate surface area is 145 Å². The molecule has 3 aromatic rings. The van der Waals surface area contributed by atoms with Crippen LogP contribution in [-0.4, -0.2) is 31.8 Å². The highest BCUT2D eigenvalue weighted by atomic mass is 16.5. The fourth-order valence-electron chi connectivity index (χ4n) is 2.35. The highest BCUT2D eigenvalue weighted by Crippen LogP contribution is 2.19. The van der Waals surface area contributed by atoms with Crippen LogP contribution in [0.2, 0.25) is 0 Å². The summed E-state index contributed by atoms with van der Waals surface area (Å²) in [7, 11) is 1.57. The van der Waals surface area contributed by atoms with Crippen LogP contribution in [0.25, 0.3) is 11.2 Å². The Bertz CT molecular complexity index is 934. The lowest BCUT2D eigenvalue weighted by Gasteiger charge is -2.07. The van der Waals surface area contributed by atoms with E-state index in [2.05, 4.69) is 32.1 Å². The molecule has 0 fully saturated rings. The smallest absolute Gasteiger partial charge is 0.234 e. The van der Waals surface area contributed by atoms with Gasteiger partial charge in [-0.1, -0.05) is 30.9 Å². The minimum Gasteiger partial charge on any atom is -0.480 e. The van der Waals surface area contributed by atoms with Gasteiger partial charge >= 0.3 is 0 Å². The summed E-state index contributed by atoms with van der Waals surface area (Å²) < 4.78 is 7.09. The van der Waals surface area contributed by atoms with Crippen LogP contribution in [-0.2, 0) is 6.54 Å². The minimum atomic E-state index is 0.504. The van der Waals surface area contributed by atoms with Gasteiger partial charge in [-0.15, -0.1) is 5.10 Å². The van der Waals surface area contributed by atoms with Crippen LogP contribution in [0, 0.1) is 0 Å². The van der Waals surface area contributed by atoms with Gasteiger partial charge in [-0.05, 0) is 18.6 Å². The molecule has 0 saturated carbocycles. The lowest BCUT2D eigenvalue weighted by molar-refractivity contribution is 0.397. The third kappa shape index (κ3) is 3.77. The second-order valence-electron chi connectivity index (χ2n) is 5.33. The first-order valence-corrected chi connectivity index (χ1v) is 7.86. The minimum absolute atomic E-state index is 0.504. The number of hydrogen-bond acceptors (Lipinski definition) is 5. The maximum Gasteiger partial charge on any atom is 0.234 e. The number of methoxy groups -OCH3 is 1. The molecular weight excluding hydrogens is 316 g/mol. The van der Waals surface area contributed by atoms with E-state index in [1.807, 2.05) is 48.1 Å². The van der Waals surface area contributed by atoms with Crippen molar-refractivity contribution in [1.29, 1.82) is 0 Å². The Morgan fingerprint density at radius 1 is 1.48 bits per heavy atom. The fraction of sp³-hybridized carbons (Fsp3) is 0.167. The average Bonchev–Trinajstić information content (AvgIpc) is 3.25. The van der Waals surface area contributed by atoms with Gasteiger partial charge < -0.3 is 14.6 Å². The molecule has 0 aliphatic carbocycles. The first kappa shape index (κ1) is 16.5.